The fraction of sp³-hybridized carbons (Fsp3) is 0.308. The maximum atomic E-state index is 12.4. The lowest BCUT2D eigenvalue weighted by molar-refractivity contribution is -0.116. The van der Waals surface area contributed by atoms with Crippen LogP contribution in [0.2, 0.25) is 0 Å². The zero-order chi connectivity index (χ0) is 14.3. The number of para-hydroxylation sites is 1. The topological polar surface area (TPSA) is 97.7 Å². The third kappa shape index (κ3) is 1.87. The van der Waals surface area contributed by atoms with Gasteiger partial charge in [-0.2, -0.15) is 0 Å². The largest absolute Gasteiger partial charge is 0.501 e. The third-order valence-corrected chi connectivity index (χ3v) is 3.40. The zero-order valence-electron chi connectivity index (χ0n) is 10.7. The summed E-state index contributed by atoms with van der Waals surface area (Å²) >= 11 is 0. The summed E-state index contributed by atoms with van der Waals surface area (Å²) in [4.78, 5) is 33.1. The molecule has 0 unspecified atom stereocenters. The Balaban J connectivity index is 2.32. The van der Waals surface area contributed by atoms with Crippen LogP contribution in [0.1, 0.15) is 12.8 Å². The number of carboxylic acid groups (broad SMARTS) is 1. The number of aliphatic carboxylic acids is 1. The first-order chi connectivity index (χ1) is 9.58. The minimum absolute atomic E-state index is 0.0829. The second-order valence-corrected chi connectivity index (χ2v) is 4.76. The molecule has 0 spiro atoms. The SMILES string of the molecule is O=C1CCCn2c(=O)n(CC(O)=[OH+])c3cccc(c32)N1. The van der Waals surface area contributed by atoms with Gasteiger partial charge in [0.05, 0.1) is 16.7 Å². The molecule has 7 nitrogen and oxygen atoms in total. The summed E-state index contributed by atoms with van der Waals surface area (Å²) in [5, 5.41) is 11.8. The number of carbonyl (C=O) groups is 1. The second-order valence-electron chi connectivity index (χ2n) is 4.76. The number of amides is 1. The Morgan fingerprint density at radius 2 is 2.20 bits per heavy atom. The molecule has 1 amide bonds. The molecular formula is C13H14N3O4+. The van der Waals surface area contributed by atoms with Crippen molar-refractivity contribution in [3.8, 4) is 0 Å². The molecule has 7 heteroatoms. The van der Waals surface area contributed by atoms with E-state index in [-0.39, 0.29) is 18.1 Å². The van der Waals surface area contributed by atoms with E-state index >= 15 is 0 Å². The number of nitrogens with zero attached hydrogens (tertiary/aromatic N) is 2. The molecule has 1 aromatic heterocycles. The minimum atomic E-state index is -0.824. The molecule has 20 heavy (non-hydrogen) atoms. The first-order valence-corrected chi connectivity index (χ1v) is 6.33. The highest BCUT2D eigenvalue weighted by Gasteiger charge is 2.21. The third-order valence-electron chi connectivity index (χ3n) is 3.40. The summed E-state index contributed by atoms with van der Waals surface area (Å²) in [6, 6.07) is 5.16. The Hall–Kier alpha value is -2.57. The van der Waals surface area contributed by atoms with Crippen LogP contribution in [0, 0.1) is 0 Å². The van der Waals surface area contributed by atoms with Gasteiger partial charge < -0.3 is 15.2 Å². The van der Waals surface area contributed by atoms with Crippen molar-refractivity contribution in [3.63, 3.8) is 0 Å². The number of nitrogens with one attached hydrogen (secondary N) is 1. The van der Waals surface area contributed by atoms with Crippen LogP contribution in [0.3, 0.4) is 0 Å². The van der Waals surface area contributed by atoms with Crippen molar-refractivity contribution in [2.24, 2.45) is 0 Å². The number of aryl methyl sites for hydroxylation is 1. The number of hydrogen-bond acceptors (Lipinski definition) is 2. The number of benzene rings is 1. The van der Waals surface area contributed by atoms with Gasteiger partial charge in [0, 0.05) is 13.0 Å². The first-order valence-electron chi connectivity index (χ1n) is 6.33. The molecule has 0 radical (unpaired) electrons. The highest BCUT2D eigenvalue weighted by atomic mass is 16.4. The molecule has 0 saturated carbocycles. The fourth-order valence-corrected chi connectivity index (χ4v) is 2.59. The number of carbonyl (C=O) groups excluding carboxylic acids is 1. The van der Waals surface area contributed by atoms with E-state index in [9.17, 15) is 9.59 Å². The van der Waals surface area contributed by atoms with E-state index in [4.69, 9.17) is 9.90 Å². The van der Waals surface area contributed by atoms with Gasteiger partial charge in [-0.05, 0) is 18.6 Å². The number of imidazole rings is 1. The van der Waals surface area contributed by atoms with Gasteiger partial charge in [-0.15, -0.1) is 0 Å². The van der Waals surface area contributed by atoms with E-state index in [2.05, 4.69) is 5.32 Å². The van der Waals surface area contributed by atoms with Crippen LogP contribution in [-0.2, 0) is 17.9 Å². The lowest BCUT2D eigenvalue weighted by Crippen LogP contribution is -2.28. The normalized spacial score (nSPS) is 14.7. The number of aliphatic hydroxyl groups excluding tert-OH is 1. The van der Waals surface area contributed by atoms with Gasteiger partial charge in [-0.25, -0.2) is 4.79 Å². The Bertz CT molecular complexity index is 772. The Morgan fingerprint density at radius 1 is 1.40 bits per heavy atom. The fourth-order valence-electron chi connectivity index (χ4n) is 2.59. The number of carboxylic acids is 1. The zero-order valence-corrected chi connectivity index (χ0v) is 10.7. The van der Waals surface area contributed by atoms with E-state index in [0.29, 0.717) is 36.1 Å². The maximum Gasteiger partial charge on any atom is 0.501 e. The number of rotatable bonds is 2. The predicted molar refractivity (Wildman–Crippen MR) is 73.6 cm³/mol. The summed E-state index contributed by atoms with van der Waals surface area (Å²) in [5.74, 6) is -0.907. The van der Waals surface area contributed by atoms with Crippen LogP contribution >= 0.6 is 0 Å². The summed E-state index contributed by atoms with van der Waals surface area (Å²) in [5.41, 5.74) is 1.44. The monoisotopic (exact) mass is 276 g/mol. The van der Waals surface area contributed by atoms with Gasteiger partial charge in [-0.3, -0.25) is 13.9 Å². The quantitative estimate of drug-likeness (QED) is 0.786. The molecule has 1 aliphatic rings. The van der Waals surface area contributed by atoms with Crippen molar-refractivity contribution in [1.82, 2.24) is 9.13 Å². The van der Waals surface area contributed by atoms with Gasteiger partial charge >= 0.3 is 11.7 Å². The predicted octanol–water partition coefficient (Wildman–Crippen LogP) is 0.596. The Labute approximate surface area is 113 Å². The highest BCUT2D eigenvalue weighted by molar-refractivity contribution is 6.00. The van der Waals surface area contributed by atoms with Crippen molar-refractivity contribution in [2.45, 2.75) is 25.9 Å². The molecule has 0 aliphatic carbocycles. The minimum Gasteiger partial charge on any atom is -0.338 e. The lowest BCUT2D eigenvalue weighted by atomic mass is 10.2. The molecule has 104 valence electrons. The van der Waals surface area contributed by atoms with Crippen LogP contribution in [-0.4, -0.2) is 30.9 Å². The van der Waals surface area contributed by atoms with Crippen LogP contribution in [0.15, 0.2) is 23.0 Å². The molecule has 3 rings (SSSR count). The average Bonchev–Trinajstić information content (AvgIpc) is 2.62. The molecule has 2 heterocycles. The van der Waals surface area contributed by atoms with Gasteiger partial charge in [-0.1, -0.05) is 6.07 Å². The number of aromatic nitrogens is 2. The van der Waals surface area contributed by atoms with E-state index in [1.807, 2.05) is 0 Å². The molecule has 2 aromatic rings. The number of anilines is 1. The first kappa shape index (κ1) is 12.5. The maximum absolute atomic E-state index is 12.4. The van der Waals surface area contributed by atoms with Gasteiger partial charge in [0.25, 0.3) is 0 Å². The van der Waals surface area contributed by atoms with E-state index < -0.39 is 5.97 Å². The van der Waals surface area contributed by atoms with Crippen molar-refractivity contribution < 1.29 is 14.7 Å². The summed E-state index contributed by atoms with van der Waals surface area (Å²) in [7, 11) is 0. The summed E-state index contributed by atoms with van der Waals surface area (Å²) in [6.45, 7) is 0.151. The molecular weight excluding hydrogens is 262 g/mol. The van der Waals surface area contributed by atoms with Crippen LogP contribution < -0.4 is 11.0 Å². The van der Waals surface area contributed by atoms with E-state index in [1.54, 1.807) is 22.8 Å². The number of hydrogen-bond donors (Lipinski definition) is 2. The summed E-state index contributed by atoms with van der Waals surface area (Å²) in [6.07, 6.45) is 0.916. The Morgan fingerprint density at radius 3 is 2.95 bits per heavy atom. The molecule has 1 aliphatic heterocycles. The van der Waals surface area contributed by atoms with E-state index in [0.717, 1.165) is 0 Å². The molecule has 0 atom stereocenters. The highest BCUT2D eigenvalue weighted by Crippen LogP contribution is 2.25. The molecule has 1 aromatic carbocycles. The lowest BCUT2D eigenvalue weighted by Gasteiger charge is -2.12. The summed E-state index contributed by atoms with van der Waals surface area (Å²) < 4.78 is 2.85. The average molecular weight is 276 g/mol. The Kier molecular flexibility index (Phi) is 2.81. The van der Waals surface area contributed by atoms with Gasteiger partial charge in [0.15, 0.2) is 6.54 Å². The van der Waals surface area contributed by atoms with Crippen molar-refractivity contribution in [2.75, 3.05) is 5.32 Å². The van der Waals surface area contributed by atoms with Crippen molar-refractivity contribution >= 4 is 28.6 Å². The van der Waals surface area contributed by atoms with Crippen LogP contribution in [0.5, 0.6) is 0 Å². The van der Waals surface area contributed by atoms with Crippen LogP contribution in [0.25, 0.3) is 11.0 Å². The second kappa shape index (κ2) is 4.52. The molecule has 3 N–H and O–H groups in total. The van der Waals surface area contributed by atoms with E-state index in [1.165, 1.54) is 4.57 Å². The molecule has 0 saturated heterocycles. The van der Waals surface area contributed by atoms with Gasteiger partial charge in [0.2, 0.25) is 5.91 Å². The van der Waals surface area contributed by atoms with Crippen molar-refractivity contribution in [1.29, 1.82) is 0 Å². The molecule has 0 fully saturated rings. The standard InChI is InChI=1S/C13H13N3O4/c17-10-5-2-6-15-12-8(14-10)3-1-4-9(12)16(13(15)20)7-11(18)19/h1,3-4H,2,5-7H2,(H,14,17)(H,18,19)/p+1. The van der Waals surface area contributed by atoms with Crippen molar-refractivity contribution in [3.05, 3.63) is 28.7 Å². The van der Waals surface area contributed by atoms with Crippen LogP contribution in [0.4, 0.5) is 5.69 Å². The smallest absolute Gasteiger partial charge is 0.338 e. The van der Waals surface area contributed by atoms with Gasteiger partial charge in [0.1, 0.15) is 0 Å². The molecule has 0 bridgehead atoms.